The molecule has 1 aromatic carbocycles. The Bertz CT molecular complexity index is 936. The highest BCUT2D eigenvalue weighted by atomic mass is 79.9. The van der Waals surface area contributed by atoms with Gasteiger partial charge in [-0.25, -0.2) is 4.79 Å². The maximum Gasteiger partial charge on any atom is 0.328 e. The number of halogens is 2. The predicted octanol–water partition coefficient (Wildman–Crippen LogP) is 3.12. The van der Waals surface area contributed by atoms with E-state index in [0.717, 1.165) is 5.52 Å². The maximum absolute atomic E-state index is 12.5. The van der Waals surface area contributed by atoms with Gasteiger partial charge < -0.3 is 4.42 Å². The Labute approximate surface area is 132 Å². The first-order valence-electron chi connectivity index (χ1n) is 6.05. The van der Waals surface area contributed by atoms with Crippen molar-refractivity contribution in [1.82, 2.24) is 9.13 Å². The number of hydrogen-bond donors (Lipinski definition) is 0. The molecule has 0 aliphatic heterocycles. The molecule has 2 heterocycles. The minimum absolute atomic E-state index is 0.150. The molecule has 2 aromatic heterocycles. The molecular weight excluding hydrogens is 360 g/mol. The molecule has 0 fully saturated rings. The van der Waals surface area contributed by atoms with E-state index in [1.165, 1.54) is 21.3 Å². The Kier molecular flexibility index (Phi) is 3.30. The summed E-state index contributed by atoms with van der Waals surface area (Å²) in [6.45, 7) is 0. The Morgan fingerprint density at radius 2 is 1.81 bits per heavy atom. The molecule has 0 radical (unpaired) electrons. The quantitative estimate of drug-likeness (QED) is 0.652. The first kappa shape index (κ1) is 14.2. The van der Waals surface area contributed by atoms with E-state index in [2.05, 4.69) is 15.9 Å². The first-order valence-corrected chi connectivity index (χ1v) is 7.22. The minimum atomic E-state index is -0.299. The van der Waals surface area contributed by atoms with Gasteiger partial charge >= 0.3 is 5.69 Å². The van der Waals surface area contributed by atoms with Gasteiger partial charge in [0.2, 0.25) is 5.78 Å². The van der Waals surface area contributed by atoms with E-state index in [1.54, 1.807) is 26.2 Å². The van der Waals surface area contributed by atoms with Crippen molar-refractivity contribution in [2.24, 2.45) is 14.1 Å². The Morgan fingerprint density at radius 3 is 2.38 bits per heavy atom. The molecule has 0 bridgehead atoms. The number of benzene rings is 1. The summed E-state index contributed by atoms with van der Waals surface area (Å²) < 4.78 is 8.76. The van der Waals surface area contributed by atoms with Crippen LogP contribution in [0.2, 0.25) is 5.22 Å². The van der Waals surface area contributed by atoms with Gasteiger partial charge in [0.25, 0.3) is 0 Å². The van der Waals surface area contributed by atoms with E-state index >= 15 is 0 Å². The average molecular weight is 370 g/mol. The molecule has 0 N–H and O–H groups in total. The van der Waals surface area contributed by atoms with Crippen LogP contribution in [0.25, 0.3) is 11.0 Å². The van der Waals surface area contributed by atoms with E-state index in [4.69, 9.17) is 16.0 Å². The monoisotopic (exact) mass is 368 g/mol. The molecule has 5 nitrogen and oxygen atoms in total. The number of aryl methyl sites for hydroxylation is 2. The van der Waals surface area contributed by atoms with Crippen LogP contribution in [0.3, 0.4) is 0 Å². The molecular formula is C14H10BrClN2O3. The van der Waals surface area contributed by atoms with Gasteiger partial charge in [0.05, 0.1) is 11.0 Å². The highest BCUT2D eigenvalue weighted by Gasteiger charge is 2.19. The minimum Gasteiger partial charge on any atom is -0.441 e. The molecule has 0 saturated heterocycles. The molecule has 0 atom stereocenters. The SMILES string of the molecule is Cn1c(=O)n(C)c2cc(C(=O)c3ccc(Cl)o3)c(Br)cc21. The maximum atomic E-state index is 12.5. The van der Waals surface area contributed by atoms with Crippen LogP contribution in [0.15, 0.2) is 37.9 Å². The number of rotatable bonds is 2. The summed E-state index contributed by atoms with van der Waals surface area (Å²) in [5.74, 6) is -0.145. The second kappa shape index (κ2) is 4.89. The Morgan fingerprint density at radius 1 is 1.19 bits per heavy atom. The smallest absolute Gasteiger partial charge is 0.328 e. The molecule has 7 heteroatoms. The third-order valence-electron chi connectivity index (χ3n) is 3.40. The van der Waals surface area contributed by atoms with Crippen LogP contribution in [0.5, 0.6) is 0 Å². The largest absolute Gasteiger partial charge is 0.441 e. The number of hydrogen-bond acceptors (Lipinski definition) is 3. The molecule has 21 heavy (non-hydrogen) atoms. The van der Waals surface area contributed by atoms with Crippen LogP contribution in [0.1, 0.15) is 16.1 Å². The zero-order valence-corrected chi connectivity index (χ0v) is 13.5. The molecule has 3 aromatic rings. The zero-order chi connectivity index (χ0) is 15.3. The summed E-state index contributed by atoms with van der Waals surface area (Å²) in [4.78, 5) is 24.4. The Balaban J connectivity index is 2.24. The van der Waals surface area contributed by atoms with Gasteiger partial charge in [0.15, 0.2) is 11.0 Å². The standard InChI is InChI=1S/C14H10BrClN2O3/c1-17-9-5-7(13(19)11-3-4-12(16)21-11)8(15)6-10(9)18(2)14(17)20/h3-6H,1-2H3. The number of fused-ring (bicyclic) bond motifs is 1. The molecule has 0 amide bonds. The van der Waals surface area contributed by atoms with Crippen LogP contribution in [-0.4, -0.2) is 14.9 Å². The second-order valence-corrected chi connectivity index (χ2v) is 5.88. The normalized spacial score (nSPS) is 11.2. The number of aromatic nitrogens is 2. The topological polar surface area (TPSA) is 57.1 Å². The number of carbonyl (C=O) groups is 1. The lowest BCUT2D eigenvalue weighted by Crippen LogP contribution is -2.19. The predicted molar refractivity (Wildman–Crippen MR) is 83.0 cm³/mol. The van der Waals surface area contributed by atoms with Gasteiger partial charge in [-0.2, -0.15) is 0 Å². The number of carbonyl (C=O) groups excluding carboxylic acids is 1. The fraction of sp³-hybridized carbons (Fsp3) is 0.143. The zero-order valence-electron chi connectivity index (χ0n) is 11.2. The summed E-state index contributed by atoms with van der Waals surface area (Å²) in [5, 5.41) is 0.155. The fourth-order valence-electron chi connectivity index (χ4n) is 2.26. The Hall–Kier alpha value is -1.79. The lowest BCUT2D eigenvalue weighted by atomic mass is 10.1. The van der Waals surface area contributed by atoms with Crippen molar-refractivity contribution in [3.63, 3.8) is 0 Å². The highest BCUT2D eigenvalue weighted by Crippen LogP contribution is 2.27. The lowest BCUT2D eigenvalue weighted by Gasteiger charge is -2.04. The van der Waals surface area contributed by atoms with Crippen molar-refractivity contribution in [3.8, 4) is 0 Å². The third-order valence-corrected chi connectivity index (χ3v) is 4.26. The number of imidazole rings is 1. The van der Waals surface area contributed by atoms with Crippen molar-refractivity contribution in [2.75, 3.05) is 0 Å². The van der Waals surface area contributed by atoms with Crippen LogP contribution in [0, 0.1) is 0 Å². The van der Waals surface area contributed by atoms with Crippen molar-refractivity contribution in [2.45, 2.75) is 0 Å². The number of furan rings is 1. The van der Waals surface area contributed by atoms with Gasteiger partial charge in [0, 0.05) is 24.1 Å². The van der Waals surface area contributed by atoms with Crippen LogP contribution in [0.4, 0.5) is 0 Å². The first-order chi connectivity index (χ1) is 9.90. The highest BCUT2D eigenvalue weighted by molar-refractivity contribution is 9.10. The molecule has 108 valence electrons. The molecule has 3 rings (SSSR count). The van der Waals surface area contributed by atoms with E-state index in [9.17, 15) is 9.59 Å². The lowest BCUT2D eigenvalue weighted by molar-refractivity contribution is 0.101. The molecule has 0 saturated carbocycles. The van der Waals surface area contributed by atoms with Crippen LogP contribution in [-0.2, 0) is 14.1 Å². The van der Waals surface area contributed by atoms with Crippen LogP contribution >= 0.6 is 27.5 Å². The summed E-state index contributed by atoms with van der Waals surface area (Å²) >= 11 is 9.07. The van der Waals surface area contributed by atoms with Gasteiger partial charge in [-0.05, 0) is 51.8 Å². The third kappa shape index (κ3) is 2.15. The van der Waals surface area contributed by atoms with Gasteiger partial charge in [-0.15, -0.1) is 0 Å². The van der Waals surface area contributed by atoms with E-state index in [-0.39, 0.29) is 22.5 Å². The van der Waals surface area contributed by atoms with Gasteiger partial charge in [-0.3, -0.25) is 13.9 Å². The molecule has 0 spiro atoms. The fourth-order valence-corrected chi connectivity index (χ4v) is 2.92. The van der Waals surface area contributed by atoms with Crippen molar-refractivity contribution >= 4 is 44.3 Å². The molecule has 0 aliphatic rings. The summed E-state index contributed by atoms with van der Waals surface area (Å²) in [6, 6.07) is 6.44. The van der Waals surface area contributed by atoms with Crippen molar-refractivity contribution in [3.05, 3.63) is 55.8 Å². The van der Waals surface area contributed by atoms with E-state index < -0.39 is 0 Å². The van der Waals surface area contributed by atoms with Gasteiger partial charge in [0.1, 0.15) is 0 Å². The summed E-state index contributed by atoms with van der Waals surface area (Å²) in [6.07, 6.45) is 0. The molecule has 0 unspecified atom stereocenters. The van der Waals surface area contributed by atoms with E-state index in [1.807, 2.05) is 0 Å². The average Bonchev–Trinajstić information content (AvgIpc) is 2.97. The second-order valence-electron chi connectivity index (χ2n) is 4.65. The van der Waals surface area contributed by atoms with Crippen molar-refractivity contribution < 1.29 is 9.21 Å². The number of nitrogens with zero attached hydrogens (tertiary/aromatic N) is 2. The summed E-state index contributed by atoms with van der Waals surface area (Å²) in [7, 11) is 3.35. The van der Waals surface area contributed by atoms with Gasteiger partial charge in [-0.1, -0.05) is 0 Å². The van der Waals surface area contributed by atoms with E-state index in [0.29, 0.717) is 15.6 Å². The summed E-state index contributed by atoms with van der Waals surface area (Å²) in [5.41, 5.74) is 1.67. The number of ketones is 1. The van der Waals surface area contributed by atoms with Crippen LogP contribution < -0.4 is 5.69 Å². The molecule has 0 aliphatic carbocycles. The van der Waals surface area contributed by atoms with Crippen molar-refractivity contribution in [1.29, 1.82) is 0 Å².